The third-order valence-electron chi connectivity index (χ3n) is 2.33. The van der Waals surface area contributed by atoms with Crippen LogP contribution in [-0.4, -0.2) is 16.1 Å². The van der Waals surface area contributed by atoms with Gasteiger partial charge >= 0.3 is 5.97 Å². The Kier molecular flexibility index (Phi) is 2.63. The molecular weight excluding hydrogens is 190 g/mol. The number of carboxylic acids is 1. The lowest BCUT2D eigenvalue weighted by atomic mass is 10.1. The number of aromatic nitrogens is 1. The highest BCUT2D eigenvalue weighted by atomic mass is 16.4. The van der Waals surface area contributed by atoms with Gasteiger partial charge in [-0.25, -0.2) is 0 Å². The Morgan fingerprint density at radius 2 is 2.07 bits per heavy atom. The van der Waals surface area contributed by atoms with Gasteiger partial charge in [0.05, 0.1) is 6.42 Å². The van der Waals surface area contributed by atoms with Crippen LogP contribution in [-0.2, 0) is 11.2 Å². The second kappa shape index (κ2) is 4.09. The number of carbonyl (C=O) groups is 1. The molecule has 15 heavy (non-hydrogen) atoms. The van der Waals surface area contributed by atoms with Gasteiger partial charge in [0.25, 0.3) is 0 Å². The van der Waals surface area contributed by atoms with Crippen molar-refractivity contribution >= 4 is 16.7 Å². The van der Waals surface area contributed by atoms with Crippen molar-refractivity contribution in [2.75, 3.05) is 0 Å². The first kappa shape index (κ1) is 9.65. The fourth-order valence-corrected chi connectivity index (χ4v) is 1.61. The zero-order chi connectivity index (χ0) is 10.7. The first-order chi connectivity index (χ1) is 7.27. The molecule has 0 bridgehead atoms. The van der Waals surface area contributed by atoms with Gasteiger partial charge in [-0.05, 0) is 11.5 Å². The molecule has 1 aromatic carbocycles. The number of nitrogens with zero attached hydrogens (tertiary/aromatic N) is 1. The summed E-state index contributed by atoms with van der Waals surface area (Å²) in [7, 11) is 0. The maximum Gasteiger partial charge on any atom is 0.303 e. The van der Waals surface area contributed by atoms with Crippen molar-refractivity contribution in [3.05, 3.63) is 42.2 Å². The smallest absolute Gasteiger partial charge is 0.303 e. The predicted molar refractivity (Wildman–Crippen MR) is 57.7 cm³/mol. The van der Waals surface area contributed by atoms with Crippen LogP contribution in [0.5, 0.6) is 0 Å². The quantitative estimate of drug-likeness (QED) is 0.828. The molecule has 3 heteroatoms. The number of rotatable bonds is 3. The number of fused-ring (bicyclic) bond motifs is 1. The molecule has 0 atom stereocenters. The van der Waals surface area contributed by atoms with Crippen LogP contribution in [0.3, 0.4) is 0 Å². The number of hydrogen-bond donors (Lipinski definition) is 1. The van der Waals surface area contributed by atoms with Crippen LogP contribution in [0.2, 0.25) is 0 Å². The lowest BCUT2D eigenvalue weighted by Gasteiger charge is -2.03. The van der Waals surface area contributed by atoms with E-state index in [1.807, 2.05) is 30.3 Å². The molecule has 76 valence electrons. The van der Waals surface area contributed by atoms with Crippen molar-refractivity contribution in [2.24, 2.45) is 0 Å². The highest BCUT2D eigenvalue weighted by Crippen LogP contribution is 2.17. The summed E-state index contributed by atoms with van der Waals surface area (Å²) in [5, 5.41) is 10.8. The highest BCUT2D eigenvalue weighted by Gasteiger charge is 2.04. The molecule has 0 aliphatic rings. The van der Waals surface area contributed by atoms with Crippen molar-refractivity contribution in [2.45, 2.75) is 12.8 Å². The minimum atomic E-state index is -0.787. The van der Waals surface area contributed by atoms with E-state index in [4.69, 9.17) is 5.11 Å². The molecule has 0 saturated heterocycles. The molecule has 0 spiro atoms. The second-order valence-electron chi connectivity index (χ2n) is 3.37. The summed E-state index contributed by atoms with van der Waals surface area (Å²) in [6, 6.07) is 9.80. The van der Waals surface area contributed by atoms with Crippen LogP contribution in [0, 0.1) is 0 Å². The SMILES string of the molecule is O=C(O)CCc1nccc2ccccc12. The Labute approximate surface area is 87.4 Å². The molecule has 0 aliphatic heterocycles. The summed E-state index contributed by atoms with van der Waals surface area (Å²) in [6.07, 6.45) is 2.33. The van der Waals surface area contributed by atoms with Gasteiger partial charge in [0, 0.05) is 23.7 Å². The lowest BCUT2D eigenvalue weighted by molar-refractivity contribution is -0.136. The molecule has 0 fully saturated rings. The van der Waals surface area contributed by atoms with Crippen LogP contribution in [0.1, 0.15) is 12.1 Å². The number of pyridine rings is 1. The molecule has 1 aromatic heterocycles. The summed E-state index contributed by atoms with van der Waals surface area (Å²) < 4.78 is 0. The topological polar surface area (TPSA) is 50.2 Å². The van der Waals surface area contributed by atoms with Crippen LogP contribution in [0.25, 0.3) is 10.8 Å². The minimum Gasteiger partial charge on any atom is -0.481 e. The van der Waals surface area contributed by atoms with Gasteiger partial charge in [-0.1, -0.05) is 24.3 Å². The molecule has 1 N–H and O–H groups in total. The van der Waals surface area contributed by atoms with Crippen molar-refractivity contribution in [1.29, 1.82) is 0 Å². The predicted octanol–water partition coefficient (Wildman–Crippen LogP) is 2.25. The van der Waals surface area contributed by atoms with Gasteiger partial charge in [-0.3, -0.25) is 9.78 Å². The number of aliphatic carboxylic acids is 1. The summed E-state index contributed by atoms with van der Waals surface area (Å²) >= 11 is 0. The van der Waals surface area contributed by atoms with E-state index in [1.54, 1.807) is 6.20 Å². The molecule has 3 nitrogen and oxygen atoms in total. The Hall–Kier alpha value is -1.90. The number of benzene rings is 1. The van der Waals surface area contributed by atoms with Gasteiger partial charge in [0.15, 0.2) is 0 Å². The van der Waals surface area contributed by atoms with E-state index in [0.717, 1.165) is 16.5 Å². The van der Waals surface area contributed by atoms with Crippen LogP contribution >= 0.6 is 0 Å². The molecule has 2 rings (SSSR count). The van der Waals surface area contributed by atoms with Gasteiger partial charge in [0.1, 0.15) is 0 Å². The maximum absolute atomic E-state index is 10.5. The average molecular weight is 201 g/mol. The fourth-order valence-electron chi connectivity index (χ4n) is 1.61. The summed E-state index contributed by atoms with van der Waals surface area (Å²) in [4.78, 5) is 14.7. The third-order valence-corrected chi connectivity index (χ3v) is 2.33. The van der Waals surface area contributed by atoms with Gasteiger partial charge in [-0.2, -0.15) is 0 Å². The fraction of sp³-hybridized carbons (Fsp3) is 0.167. The highest BCUT2D eigenvalue weighted by molar-refractivity contribution is 5.84. The van der Waals surface area contributed by atoms with Gasteiger partial charge in [0.2, 0.25) is 0 Å². The number of carboxylic acid groups (broad SMARTS) is 1. The van der Waals surface area contributed by atoms with Crippen LogP contribution in [0.4, 0.5) is 0 Å². The second-order valence-corrected chi connectivity index (χ2v) is 3.37. The molecule has 0 aliphatic carbocycles. The van der Waals surface area contributed by atoms with E-state index in [0.29, 0.717) is 6.42 Å². The molecule has 0 unspecified atom stereocenters. The summed E-state index contributed by atoms with van der Waals surface area (Å²) in [6.45, 7) is 0. The minimum absolute atomic E-state index is 0.126. The van der Waals surface area contributed by atoms with E-state index in [1.165, 1.54) is 0 Å². The van der Waals surface area contributed by atoms with E-state index in [-0.39, 0.29) is 6.42 Å². The summed E-state index contributed by atoms with van der Waals surface area (Å²) in [5.41, 5.74) is 0.857. The largest absolute Gasteiger partial charge is 0.481 e. The molecular formula is C12H11NO2. The first-order valence-electron chi connectivity index (χ1n) is 4.82. The van der Waals surface area contributed by atoms with E-state index >= 15 is 0 Å². The average Bonchev–Trinajstić information content (AvgIpc) is 2.26. The summed E-state index contributed by atoms with van der Waals surface area (Å²) in [5.74, 6) is -0.787. The zero-order valence-electron chi connectivity index (χ0n) is 8.18. The van der Waals surface area contributed by atoms with Crippen molar-refractivity contribution < 1.29 is 9.90 Å². The molecule has 0 radical (unpaired) electrons. The molecule has 2 aromatic rings. The van der Waals surface area contributed by atoms with Crippen LogP contribution < -0.4 is 0 Å². The Morgan fingerprint density at radius 3 is 2.87 bits per heavy atom. The monoisotopic (exact) mass is 201 g/mol. The van der Waals surface area contributed by atoms with Crippen molar-refractivity contribution in [3.63, 3.8) is 0 Å². The molecule has 0 amide bonds. The Morgan fingerprint density at radius 1 is 1.27 bits per heavy atom. The molecule has 0 saturated carbocycles. The van der Waals surface area contributed by atoms with Gasteiger partial charge in [-0.15, -0.1) is 0 Å². The number of hydrogen-bond acceptors (Lipinski definition) is 2. The lowest BCUT2D eigenvalue weighted by Crippen LogP contribution is -1.99. The Bertz CT molecular complexity index is 488. The van der Waals surface area contributed by atoms with Gasteiger partial charge < -0.3 is 5.11 Å². The maximum atomic E-state index is 10.5. The molecule has 1 heterocycles. The Balaban J connectivity index is 2.38. The number of aryl methyl sites for hydroxylation is 1. The van der Waals surface area contributed by atoms with Crippen molar-refractivity contribution in [3.8, 4) is 0 Å². The third kappa shape index (κ3) is 2.13. The van der Waals surface area contributed by atoms with E-state index in [9.17, 15) is 4.79 Å². The zero-order valence-corrected chi connectivity index (χ0v) is 8.18. The van der Waals surface area contributed by atoms with E-state index in [2.05, 4.69) is 4.98 Å². The normalized spacial score (nSPS) is 10.4. The van der Waals surface area contributed by atoms with Crippen LogP contribution in [0.15, 0.2) is 36.5 Å². The standard InChI is InChI=1S/C12H11NO2/c14-12(15)6-5-11-10-4-2-1-3-9(10)7-8-13-11/h1-4,7-8H,5-6H2,(H,14,15). The van der Waals surface area contributed by atoms with E-state index < -0.39 is 5.97 Å². The van der Waals surface area contributed by atoms with Crippen molar-refractivity contribution in [1.82, 2.24) is 4.98 Å². The first-order valence-corrected chi connectivity index (χ1v) is 4.82.